The van der Waals surface area contributed by atoms with Gasteiger partial charge in [-0.3, -0.25) is 37.3 Å². The van der Waals surface area contributed by atoms with Crippen molar-refractivity contribution in [3.05, 3.63) is 97.2 Å². The second-order valence-electron chi connectivity index (χ2n) is 24.2. The molecule has 3 N–H and O–H groups in total. The van der Waals surface area contributed by atoms with Crippen molar-refractivity contribution in [3.8, 4) is 0 Å². The normalized spacial score (nSPS) is 14.6. The number of carbonyl (C=O) groups is 4. The van der Waals surface area contributed by atoms with E-state index in [0.29, 0.717) is 25.7 Å². The van der Waals surface area contributed by atoms with Gasteiger partial charge in [0.25, 0.3) is 0 Å². The molecule has 0 rings (SSSR count). The summed E-state index contributed by atoms with van der Waals surface area (Å²) in [5.41, 5.74) is 0. The number of carbonyl (C=O) groups excluding carboxylic acids is 4. The molecule has 19 heteroatoms. The van der Waals surface area contributed by atoms with Crippen LogP contribution in [0.3, 0.4) is 0 Å². The first-order valence-corrected chi connectivity index (χ1v) is 39.5. The van der Waals surface area contributed by atoms with E-state index in [4.69, 9.17) is 37.0 Å². The maximum Gasteiger partial charge on any atom is 0.472 e. The number of rotatable bonds is 68. The molecule has 0 aliphatic heterocycles. The lowest BCUT2D eigenvalue weighted by Gasteiger charge is -2.21. The van der Waals surface area contributed by atoms with Gasteiger partial charge in [0.1, 0.15) is 19.3 Å². The first-order chi connectivity index (χ1) is 45.7. The molecule has 0 bridgehead atoms. The summed E-state index contributed by atoms with van der Waals surface area (Å²) in [4.78, 5) is 72.6. The van der Waals surface area contributed by atoms with Crippen molar-refractivity contribution in [1.29, 1.82) is 0 Å². The molecular formula is C75H130O17P2. The number of hydrogen-bond donors (Lipinski definition) is 3. The van der Waals surface area contributed by atoms with Gasteiger partial charge in [-0.2, -0.15) is 0 Å². The third-order valence-electron chi connectivity index (χ3n) is 15.0. The number of allylic oxidation sites excluding steroid dienone is 15. The minimum atomic E-state index is -4.99. The number of phosphoric ester groups is 2. The summed E-state index contributed by atoms with van der Waals surface area (Å²) in [5, 5.41) is 10.6. The maximum absolute atomic E-state index is 13.0. The van der Waals surface area contributed by atoms with Gasteiger partial charge in [-0.25, -0.2) is 9.13 Å². The van der Waals surface area contributed by atoms with Crippen LogP contribution in [-0.4, -0.2) is 96.7 Å². The third-order valence-corrected chi connectivity index (χ3v) is 16.9. The Morgan fingerprint density at radius 2 is 0.628 bits per heavy atom. The Hall–Kier alpha value is -4.02. The van der Waals surface area contributed by atoms with Crippen molar-refractivity contribution in [2.75, 3.05) is 39.6 Å². The molecule has 0 aliphatic rings. The summed E-state index contributed by atoms with van der Waals surface area (Å²) >= 11 is 0. The Morgan fingerprint density at radius 3 is 1.03 bits per heavy atom. The van der Waals surface area contributed by atoms with Crippen molar-refractivity contribution in [2.24, 2.45) is 0 Å². The van der Waals surface area contributed by atoms with E-state index in [9.17, 15) is 43.2 Å². The maximum atomic E-state index is 13.0. The van der Waals surface area contributed by atoms with E-state index in [0.717, 1.165) is 135 Å². The minimum absolute atomic E-state index is 0.0646. The largest absolute Gasteiger partial charge is 0.472 e. The Balaban J connectivity index is 5.38. The first kappa shape index (κ1) is 90.0. The lowest BCUT2D eigenvalue weighted by Crippen LogP contribution is -2.30. The summed E-state index contributed by atoms with van der Waals surface area (Å²) in [6, 6.07) is 0. The molecule has 542 valence electrons. The Labute approximate surface area is 569 Å². The van der Waals surface area contributed by atoms with Crippen LogP contribution in [0.2, 0.25) is 0 Å². The summed E-state index contributed by atoms with van der Waals surface area (Å²) in [7, 11) is -9.96. The van der Waals surface area contributed by atoms with Gasteiger partial charge in [-0.15, -0.1) is 0 Å². The van der Waals surface area contributed by atoms with Crippen LogP contribution in [0.15, 0.2) is 97.2 Å². The topological polar surface area (TPSA) is 237 Å². The molecule has 0 aromatic heterocycles. The number of esters is 4. The van der Waals surface area contributed by atoms with Gasteiger partial charge in [-0.1, -0.05) is 273 Å². The van der Waals surface area contributed by atoms with Gasteiger partial charge in [0, 0.05) is 19.3 Å². The van der Waals surface area contributed by atoms with Crippen LogP contribution < -0.4 is 0 Å². The highest BCUT2D eigenvalue weighted by atomic mass is 31.2. The summed E-state index contributed by atoms with van der Waals surface area (Å²) in [5.74, 6) is -2.34. The highest BCUT2D eigenvalue weighted by molar-refractivity contribution is 7.47. The van der Waals surface area contributed by atoms with Gasteiger partial charge < -0.3 is 33.8 Å². The second-order valence-corrected chi connectivity index (χ2v) is 27.1. The Morgan fingerprint density at radius 1 is 0.319 bits per heavy atom. The fraction of sp³-hybridized carbons (Fsp3) is 0.733. The first-order valence-electron chi connectivity index (χ1n) is 36.5. The minimum Gasteiger partial charge on any atom is -0.462 e. The van der Waals surface area contributed by atoms with Gasteiger partial charge >= 0.3 is 39.5 Å². The average Bonchev–Trinajstić information content (AvgIpc) is 1.35. The number of hydrogen-bond acceptors (Lipinski definition) is 15. The van der Waals surface area contributed by atoms with Crippen LogP contribution in [0.1, 0.15) is 297 Å². The fourth-order valence-electron chi connectivity index (χ4n) is 9.49. The van der Waals surface area contributed by atoms with E-state index < -0.39 is 97.5 Å². The van der Waals surface area contributed by atoms with Crippen LogP contribution in [0.25, 0.3) is 0 Å². The molecule has 0 saturated carbocycles. The molecule has 0 fully saturated rings. The number of ether oxygens (including phenoxy) is 4. The quantitative estimate of drug-likeness (QED) is 0.0169. The van der Waals surface area contributed by atoms with Crippen LogP contribution in [-0.2, 0) is 65.4 Å². The van der Waals surface area contributed by atoms with E-state index in [-0.39, 0.29) is 25.7 Å². The van der Waals surface area contributed by atoms with Crippen molar-refractivity contribution in [2.45, 2.75) is 316 Å². The summed E-state index contributed by atoms with van der Waals surface area (Å²) in [6.07, 6.45) is 68.8. The highest BCUT2D eigenvalue weighted by Crippen LogP contribution is 2.45. The molecule has 0 amide bonds. The van der Waals surface area contributed by atoms with E-state index in [1.165, 1.54) is 83.5 Å². The number of phosphoric acid groups is 2. The molecule has 0 radical (unpaired) electrons. The standard InChI is InChI=1S/C75H130O17P2/c1-5-9-13-17-21-25-29-32-34-37-40-43-47-51-55-59-72(77)85-65-70(91-74(79)61-57-53-49-45-39-28-24-20-16-12-8-4)67-89-93(81,82)87-63-69(76)64-88-94(83,84)90-68-71(92-75(80)62-58-54-50-46-42-36-31-27-23-19-15-11-7-3)66-86-73(78)60-56-52-48-44-41-38-35-33-30-26-22-18-14-10-6-2/h9,13,15,19-21,24-25,27,31-32,34,40,43,51,55,69-71,76H,5-8,10-12,14,16-18,22-23,26,28-30,33,35-39,41-42,44-50,52-54,56-68H2,1-4H3,(H,81,82)(H,83,84)/b13-9-,19-15-,24-20-,25-21-,31-27-,34-32-,43-40-,55-51-. The number of unbranched alkanes of at least 4 members (excludes halogenated alkanes) is 27. The van der Waals surface area contributed by atoms with Crippen molar-refractivity contribution in [3.63, 3.8) is 0 Å². The van der Waals surface area contributed by atoms with Crippen molar-refractivity contribution in [1.82, 2.24) is 0 Å². The second kappa shape index (κ2) is 67.5. The summed E-state index contributed by atoms with van der Waals surface area (Å²) < 4.78 is 68.1. The van der Waals surface area contributed by atoms with Crippen LogP contribution >= 0.6 is 15.6 Å². The Kier molecular flexibility index (Phi) is 64.7. The molecule has 0 spiro atoms. The van der Waals surface area contributed by atoms with Crippen LogP contribution in [0.5, 0.6) is 0 Å². The lowest BCUT2D eigenvalue weighted by atomic mass is 10.0. The predicted molar refractivity (Wildman–Crippen MR) is 381 cm³/mol. The molecule has 0 saturated heterocycles. The molecule has 0 aromatic carbocycles. The van der Waals surface area contributed by atoms with E-state index >= 15 is 0 Å². The van der Waals surface area contributed by atoms with Gasteiger partial charge in [-0.05, 0) is 96.3 Å². The van der Waals surface area contributed by atoms with E-state index in [1.54, 1.807) is 6.08 Å². The molecule has 0 aliphatic carbocycles. The van der Waals surface area contributed by atoms with Crippen LogP contribution in [0, 0.1) is 0 Å². The van der Waals surface area contributed by atoms with Gasteiger partial charge in [0.2, 0.25) is 0 Å². The predicted octanol–water partition coefficient (Wildman–Crippen LogP) is 20.4. The third kappa shape index (κ3) is 66.6. The van der Waals surface area contributed by atoms with Crippen molar-refractivity contribution < 1.29 is 80.2 Å². The monoisotopic (exact) mass is 1360 g/mol. The zero-order valence-electron chi connectivity index (χ0n) is 58.9. The molecule has 0 aromatic rings. The molecule has 17 nitrogen and oxygen atoms in total. The van der Waals surface area contributed by atoms with Crippen molar-refractivity contribution >= 4 is 39.5 Å². The molecule has 0 heterocycles. The number of aliphatic hydroxyl groups is 1. The molecule has 94 heavy (non-hydrogen) atoms. The smallest absolute Gasteiger partial charge is 0.462 e. The van der Waals surface area contributed by atoms with Crippen LogP contribution in [0.4, 0.5) is 0 Å². The van der Waals surface area contributed by atoms with E-state index in [2.05, 4.69) is 101 Å². The molecular weight excluding hydrogens is 1230 g/mol. The summed E-state index contributed by atoms with van der Waals surface area (Å²) in [6.45, 7) is 4.52. The fourth-order valence-corrected chi connectivity index (χ4v) is 11.1. The van der Waals surface area contributed by atoms with Gasteiger partial charge in [0.15, 0.2) is 12.2 Å². The average molecular weight is 1370 g/mol. The lowest BCUT2D eigenvalue weighted by molar-refractivity contribution is -0.161. The molecule has 5 unspecified atom stereocenters. The molecule has 5 atom stereocenters. The highest BCUT2D eigenvalue weighted by Gasteiger charge is 2.30. The van der Waals surface area contributed by atoms with Gasteiger partial charge in [0.05, 0.1) is 32.8 Å². The number of aliphatic hydroxyl groups excluding tert-OH is 1. The Bertz CT molecular complexity index is 2170. The zero-order chi connectivity index (χ0) is 69.0. The van der Waals surface area contributed by atoms with E-state index in [1.807, 2.05) is 18.2 Å². The zero-order valence-corrected chi connectivity index (χ0v) is 60.7. The SMILES string of the molecule is CC/C=C\C/C=C\C/C=C\C/C=C\C/C=C\CC(=O)OCC(COP(=O)(O)OCC(O)COP(=O)(O)OCC(COC(=O)CCCCCCCCCCCCCCCCC)OC(=O)CCCCCCC/C=C\C/C=C\CCC)OC(=O)CCCCCCC/C=C\CCCC.